The molecule has 1 atom stereocenters. The Morgan fingerprint density at radius 2 is 1.92 bits per heavy atom. The van der Waals surface area contributed by atoms with Crippen LogP contribution in [0.5, 0.6) is 0 Å². The van der Waals surface area contributed by atoms with E-state index >= 15 is 0 Å². The highest BCUT2D eigenvalue weighted by atomic mass is 32.2. The molecule has 1 amide bonds. The molecule has 2 aromatic rings. The quantitative estimate of drug-likeness (QED) is 0.871. The molecule has 138 valence electrons. The summed E-state index contributed by atoms with van der Waals surface area (Å²) in [5.41, 5.74) is 3.14. The Morgan fingerprint density at radius 1 is 1.19 bits per heavy atom. The molecule has 1 aliphatic heterocycles. The van der Waals surface area contributed by atoms with Crippen molar-refractivity contribution in [2.45, 2.75) is 32.6 Å². The van der Waals surface area contributed by atoms with Crippen LogP contribution in [0, 0.1) is 6.92 Å². The van der Waals surface area contributed by atoms with Crippen LogP contribution in [0.25, 0.3) is 0 Å². The van der Waals surface area contributed by atoms with Gasteiger partial charge in [0, 0.05) is 12.2 Å². The van der Waals surface area contributed by atoms with Crippen molar-refractivity contribution >= 4 is 27.3 Å². The van der Waals surface area contributed by atoms with Gasteiger partial charge in [-0.1, -0.05) is 43.3 Å². The number of hydrogen-bond acceptors (Lipinski definition) is 3. The molecule has 6 heteroatoms. The molecule has 5 nitrogen and oxygen atoms in total. The topological polar surface area (TPSA) is 66.5 Å². The summed E-state index contributed by atoms with van der Waals surface area (Å²) in [7, 11) is -3.24. The number of nitrogens with zero attached hydrogens (tertiary/aromatic N) is 1. The lowest BCUT2D eigenvalue weighted by Gasteiger charge is -2.20. The molecule has 0 saturated carbocycles. The first kappa shape index (κ1) is 18.5. The first-order chi connectivity index (χ1) is 12.4. The molecule has 1 fully saturated rings. The van der Waals surface area contributed by atoms with Crippen LogP contribution in [0.4, 0.5) is 11.4 Å². The van der Waals surface area contributed by atoms with Crippen LogP contribution in [-0.4, -0.2) is 26.6 Å². The average molecular weight is 372 g/mol. The zero-order chi connectivity index (χ0) is 18.7. The second kappa shape index (κ2) is 7.50. The van der Waals surface area contributed by atoms with Gasteiger partial charge in [0.25, 0.3) is 0 Å². The van der Waals surface area contributed by atoms with Crippen LogP contribution in [0.1, 0.15) is 36.8 Å². The summed E-state index contributed by atoms with van der Waals surface area (Å²) in [5, 5.41) is 2.99. The number of benzene rings is 2. The van der Waals surface area contributed by atoms with Crippen molar-refractivity contribution in [3.8, 4) is 0 Å². The summed E-state index contributed by atoms with van der Waals surface area (Å²) in [6, 6.07) is 15.1. The number of carbonyl (C=O) groups is 1. The SMILES string of the molecule is CCC(C(=O)Nc1cc(N2CCCS2(=O)=O)ccc1C)c1ccccc1. The van der Waals surface area contributed by atoms with Crippen molar-refractivity contribution in [1.29, 1.82) is 0 Å². The van der Waals surface area contributed by atoms with E-state index in [1.54, 1.807) is 12.1 Å². The van der Waals surface area contributed by atoms with Crippen LogP contribution in [0.2, 0.25) is 0 Å². The minimum Gasteiger partial charge on any atom is -0.325 e. The van der Waals surface area contributed by atoms with Gasteiger partial charge < -0.3 is 5.32 Å². The minimum absolute atomic E-state index is 0.0803. The number of aryl methyl sites for hydroxylation is 1. The number of hydrogen-bond donors (Lipinski definition) is 1. The lowest BCUT2D eigenvalue weighted by atomic mass is 9.95. The Kier molecular flexibility index (Phi) is 5.32. The predicted molar refractivity (Wildman–Crippen MR) is 105 cm³/mol. The standard InChI is InChI=1S/C20H24N2O3S/c1-3-18(16-8-5-4-6-9-16)20(23)21-19-14-17(11-10-15(19)2)22-12-7-13-26(22,24)25/h4-6,8-11,14,18H,3,7,12-13H2,1-2H3,(H,21,23). The van der Waals surface area contributed by atoms with E-state index in [1.807, 2.05) is 50.2 Å². The van der Waals surface area contributed by atoms with Gasteiger partial charge in [0.05, 0.1) is 17.4 Å². The molecule has 0 aliphatic carbocycles. The second-order valence-corrected chi connectivity index (χ2v) is 8.61. The maximum absolute atomic E-state index is 12.8. The predicted octanol–water partition coefficient (Wildman–Crippen LogP) is 3.67. The van der Waals surface area contributed by atoms with Gasteiger partial charge >= 0.3 is 0 Å². The summed E-state index contributed by atoms with van der Waals surface area (Å²) in [6.07, 6.45) is 1.32. The van der Waals surface area contributed by atoms with Gasteiger partial charge in [0.1, 0.15) is 0 Å². The number of anilines is 2. The summed E-state index contributed by atoms with van der Waals surface area (Å²) < 4.78 is 25.7. The molecule has 1 saturated heterocycles. The van der Waals surface area contributed by atoms with Crippen LogP contribution >= 0.6 is 0 Å². The Bertz CT molecular complexity index is 895. The van der Waals surface area contributed by atoms with Crippen LogP contribution in [0.3, 0.4) is 0 Å². The van der Waals surface area contributed by atoms with Crippen molar-refractivity contribution < 1.29 is 13.2 Å². The Labute approximate surface area is 155 Å². The number of nitrogens with one attached hydrogen (secondary N) is 1. The van der Waals surface area contributed by atoms with E-state index in [4.69, 9.17) is 0 Å². The molecule has 1 N–H and O–H groups in total. The van der Waals surface area contributed by atoms with Crippen molar-refractivity contribution in [1.82, 2.24) is 0 Å². The largest absolute Gasteiger partial charge is 0.325 e. The molecule has 1 aliphatic rings. The van der Waals surface area contributed by atoms with E-state index in [1.165, 1.54) is 4.31 Å². The van der Waals surface area contributed by atoms with Crippen LogP contribution < -0.4 is 9.62 Å². The van der Waals surface area contributed by atoms with E-state index in [2.05, 4.69) is 5.32 Å². The van der Waals surface area contributed by atoms with Gasteiger partial charge in [-0.15, -0.1) is 0 Å². The number of carbonyl (C=O) groups excluding carboxylic acids is 1. The second-order valence-electron chi connectivity index (χ2n) is 6.60. The first-order valence-electron chi connectivity index (χ1n) is 8.89. The van der Waals surface area contributed by atoms with Crippen LogP contribution in [-0.2, 0) is 14.8 Å². The Balaban J connectivity index is 1.85. The van der Waals surface area contributed by atoms with Crippen molar-refractivity contribution in [3.63, 3.8) is 0 Å². The zero-order valence-corrected chi connectivity index (χ0v) is 15.9. The maximum atomic E-state index is 12.8. The van der Waals surface area contributed by atoms with Gasteiger partial charge in [-0.3, -0.25) is 9.10 Å². The van der Waals surface area contributed by atoms with Gasteiger partial charge in [0.2, 0.25) is 15.9 Å². The molecule has 3 rings (SSSR count). The molecule has 0 radical (unpaired) electrons. The molecule has 0 spiro atoms. The molecular formula is C20H24N2O3S. The monoisotopic (exact) mass is 372 g/mol. The third-order valence-corrected chi connectivity index (χ3v) is 6.66. The minimum atomic E-state index is -3.24. The van der Waals surface area contributed by atoms with Gasteiger partial charge in [0.15, 0.2) is 0 Å². The van der Waals surface area contributed by atoms with Gasteiger partial charge in [-0.05, 0) is 43.0 Å². The third-order valence-electron chi connectivity index (χ3n) is 4.79. The normalized spacial score (nSPS) is 17.1. The maximum Gasteiger partial charge on any atom is 0.235 e. The van der Waals surface area contributed by atoms with E-state index in [0.29, 0.717) is 30.8 Å². The summed E-state index contributed by atoms with van der Waals surface area (Å²) >= 11 is 0. The number of rotatable bonds is 5. The fourth-order valence-electron chi connectivity index (χ4n) is 3.31. The molecule has 0 aromatic heterocycles. The fourth-order valence-corrected chi connectivity index (χ4v) is 4.86. The molecule has 2 aromatic carbocycles. The number of sulfonamides is 1. The highest BCUT2D eigenvalue weighted by Crippen LogP contribution is 2.30. The Hall–Kier alpha value is -2.34. The smallest absolute Gasteiger partial charge is 0.235 e. The summed E-state index contributed by atoms with van der Waals surface area (Å²) in [4.78, 5) is 12.8. The number of amides is 1. The zero-order valence-electron chi connectivity index (χ0n) is 15.1. The lowest BCUT2D eigenvalue weighted by Crippen LogP contribution is -2.25. The van der Waals surface area contributed by atoms with Gasteiger partial charge in [-0.25, -0.2) is 8.42 Å². The van der Waals surface area contributed by atoms with E-state index in [0.717, 1.165) is 11.1 Å². The van der Waals surface area contributed by atoms with Gasteiger partial charge in [-0.2, -0.15) is 0 Å². The molecule has 0 bridgehead atoms. The highest BCUT2D eigenvalue weighted by molar-refractivity contribution is 7.93. The van der Waals surface area contributed by atoms with E-state index < -0.39 is 10.0 Å². The van der Waals surface area contributed by atoms with Crippen molar-refractivity contribution in [3.05, 3.63) is 59.7 Å². The fraction of sp³-hybridized carbons (Fsp3) is 0.350. The summed E-state index contributed by atoms with van der Waals surface area (Å²) in [5.74, 6) is -0.146. The molecule has 26 heavy (non-hydrogen) atoms. The van der Waals surface area contributed by atoms with E-state index in [-0.39, 0.29) is 17.6 Å². The first-order valence-corrected chi connectivity index (χ1v) is 10.5. The molecular weight excluding hydrogens is 348 g/mol. The molecule has 1 heterocycles. The average Bonchev–Trinajstić information content (AvgIpc) is 2.98. The van der Waals surface area contributed by atoms with E-state index in [9.17, 15) is 13.2 Å². The highest BCUT2D eigenvalue weighted by Gasteiger charge is 2.29. The Morgan fingerprint density at radius 3 is 2.54 bits per heavy atom. The van der Waals surface area contributed by atoms with Crippen LogP contribution in [0.15, 0.2) is 48.5 Å². The third kappa shape index (κ3) is 3.75. The lowest BCUT2D eigenvalue weighted by molar-refractivity contribution is -0.117. The van der Waals surface area contributed by atoms with Crippen molar-refractivity contribution in [2.75, 3.05) is 21.9 Å². The summed E-state index contributed by atoms with van der Waals surface area (Å²) in [6.45, 7) is 4.37. The molecule has 1 unspecified atom stereocenters. The van der Waals surface area contributed by atoms with Crippen molar-refractivity contribution in [2.24, 2.45) is 0 Å².